The Morgan fingerprint density at radius 2 is 2.30 bits per heavy atom. The number of hydrogen-bond acceptors (Lipinski definition) is 4. The molecule has 0 aliphatic carbocycles. The highest BCUT2D eigenvalue weighted by molar-refractivity contribution is 4.38. The minimum absolute atomic E-state index is 0.226. The van der Waals surface area contributed by atoms with Crippen LogP contribution in [0, 0.1) is 5.21 Å². The van der Waals surface area contributed by atoms with E-state index in [9.17, 15) is 5.21 Å². The van der Waals surface area contributed by atoms with Gasteiger partial charge in [-0.3, -0.25) is 0 Å². The molecule has 0 aromatic rings. The first kappa shape index (κ1) is 9.84. The summed E-state index contributed by atoms with van der Waals surface area (Å²) in [4.78, 5) is 4.74. The number of rotatable bonds is 6. The summed E-state index contributed by atoms with van der Waals surface area (Å²) in [7, 11) is 1.70. The number of hydrogen-bond donors (Lipinski definition) is 1. The molecule has 0 bridgehead atoms. The Kier molecular flexibility index (Phi) is 6.84. The molecule has 0 amide bonds. The van der Waals surface area contributed by atoms with E-state index in [2.05, 4.69) is 12.2 Å². The molecule has 0 aliphatic heterocycles. The Labute approximate surface area is 61.7 Å². The number of hydroxylamine groups is 2. The quantitative estimate of drug-likeness (QED) is 0.341. The van der Waals surface area contributed by atoms with Gasteiger partial charge in [0.15, 0.2) is 0 Å². The van der Waals surface area contributed by atoms with Gasteiger partial charge in [0, 0.05) is 0 Å². The van der Waals surface area contributed by atoms with E-state index >= 15 is 0 Å². The lowest BCUT2D eigenvalue weighted by Crippen LogP contribution is -2.27. The zero-order valence-electron chi connectivity index (χ0n) is 6.59. The number of nitrogens with one attached hydrogen (secondary N) is 1. The summed E-state index contributed by atoms with van der Waals surface area (Å²) < 4.78 is 0. The molecular formula is C6H15N2O2-. The molecule has 62 valence electrons. The van der Waals surface area contributed by atoms with Gasteiger partial charge in [-0.2, -0.15) is 0 Å². The standard InChI is InChI=1S/C6H15N2O2/c1-3-4-5-10-8(9)6-7-2/h7H,3-6H2,1-2H3/q-1. The van der Waals surface area contributed by atoms with Gasteiger partial charge in [-0.05, 0) is 13.5 Å². The van der Waals surface area contributed by atoms with E-state index in [1.165, 1.54) is 0 Å². The van der Waals surface area contributed by atoms with Crippen LogP contribution in [0.25, 0.3) is 0 Å². The fourth-order valence-corrected chi connectivity index (χ4v) is 0.485. The first-order chi connectivity index (χ1) is 4.81. The van der Waals surface area contributed by atoms with Crippen LogP contribution in [0.1, 0.15) is 19.8 Å². The lowest BCUT2D eigenvalue weighted by atomic mass is 10.4. The van der Waals surface area contributed by atoms with Crippen molar-refractivity contribution >= 4 is 0 Å². The number of unbranched alkanes of at least 4 members (excludes halogenated alkanes) is 1. The maximum Gasteiger partial charge on any atom is 0.0673 e. The second-order valence-electron chi connectivity index (χ2n) is 2.03. The SMILES string of the molecule is CCCCON([O-])CNC. The molecule has 1 N–H and O–H groups in total. The van der Waals surface area contributed by atoms with Crippen LogP contribution in [0.15, 0.2) is 0 Å². The highest BCUT2D eigenvalue weighted by Gasteiger charge is 1.87. The molecule has 0 rings (SSSR count). The fraction of sp³-hybridized carbons (Fsp3) is 1.00. The summed E-state index contributed by atoms with van der Waals surface area (Å²) in [6, 6.07) is 0. The Morgan fingerprint density at radius 3 is 2.80 bits per heavy atom. The second kappa shape index (κ2) is 6.95. The molecule has 4 heteroatoms. The van der Waals surface area contributed by atoms with Gasteiger partial charge >= 0.3 is 0 Å². The van der Waals surface area contributed by atoms with E-state index < -0.39 is 0 Å². The molecular weight excluding hydrogens is 132 g/mol. The number of nitrogens with zero attached hydrogens (tertiary/aromatic N) is 1. The van der Waals surface area contributed by atoms with Crippen LogP contribution in [0.4, 0.5) is 0 Å². The van der Waals surface area contributed by atoms with Crippen molar-refractivity contribution in [2.24, 2.45) is 0 Å². The zero-order chi connectivity index (χ0) is 7.82. The summed E-state index contributed by atoms with van der Waals surface area (Å²) in [5.41, 5.74) is 0. The van der Waals surface area contributed by atoms with Crippen molar-refractivity contribution in [3.05, 3.63) is 5.21 Å². The highest BCUT2D eigenvalue weighted by atomic mass is 16.9. The molecule has 0 heterocycles. The van der Waals surface area contributed by atoms with E-state index in [0.717, 1.165) is 12.8 Å². The fourth-order valence-electron chi connectivity index (χ4n) is 0.485. The summed E-state index contributed by atoms with van der Waals surface area (Å²) >= 11 is 0. The van der Waals surface area contributed by atoms with Crippen LogP contribution >= 0.6 is 0 Å². The Bertz CT molecular complexity index is 70.8. The monoisotopic (exact) mass is 147 g/mol. The molecule has 4 nitrogen and oxygen atoms in total. The molecule has 0 aromatic carbocycles. The highest BCUT2D eigenvalue weighted by Crippen LogP contribution is 1.90. The average molecular weight is 147 g/mol. The van der Waals surface area contributed by atoms with Crippen LogP contribution in [-0.4, -0.2) is 25.5 Å². The minimum Gasteiger partial charge on any atom is -0.761 e. The van der Waals surface area contributed by atoms with Gasteiger partial charge in [0.2, 0.25) is 0 Å². The van der Waals surface area contributed by atoms with Gasteiger partial charge in [-0.15, -0.1) is 0 Å². The lowest BCUT2D eigenvalue weighted by Gasteiger charge is -2.25. The Hall–Kier alpha value is -0.160. The van der Waals surface area contributed by atoms with Crippen LogP contribution in [0.5, 0.6) is 0 Å². The second-order valence-corrected chi connectivity index (χ2v) is 2.03. The predicted octanol–water partition coefficient (Wildman–Crippen LogP) is 0.695. The molecule has 0 atom stereocenters. The Morgan fingerprint density at radius 1 is 1.60 bits per heavy atom. The smallest absolute Gasteiger partial charge is 0.0673 e. The molecule has 0 saturated carbocycles. The van der Waals surface area contributed by atoms with Crippen molar-refractivity contribution in [3.8, 4) is 0 Å². The molecule has 0 unspecified atom stereocenters. The van der Waals surface area contributed by atoms with Crippen molar-refractivity contribution in [1.29, 1.82) is 0 Å². The molecule has 0 spiro atoms. The summed E-state index contributed by atoms with van der Waals surface area (Å²) in [5.74, 6) is 0. The van der Waals surface area contributed by atoms with Crippen molar-refractivity contribution in [3.63, 3.8) is 0 Å². The molecule has 0 radical (unpaired) electrons. The molecule has 0 aliphatic rings. The van der Waals surface area contributed by atoms with Crippen molar-refractivity contribution < 1.29 is 4.84 Å². The van der Waals surface area contributed by atoms with Gasteiger partial charge in [0.1, 0.15) is 0 Å². The topological polar surface area (TPSA) is 47.6 Å². The average Bonchev–Trinajstić information content (AvgIpc) is 1.89. The van der Waals surface area contributed by atoms with Crippen molar-refractivity contribution in [2.45, 2.75) is 19.8 Å². The van der Waals surface area contributed by atoms with Crippen molar-refractivity contribution in [2.75, 3.05) is 20.3 Å². The third kappa shape index (κ3) is 5.97. The lowest BCUT2D eigenvalue weighted by molar-refractivity contribution is -0.124. The summed E-state index contributed by atoms with van der Waals surface area (Å²) in [6.45, 7) is 2.79. The molecule has 10 heavy (non-hydrogen) atoms. The van der Waals surface area contributed by atoms with Crippen LogP contribution in [-0.2, 0) is 4.84 Å². The van der Waals surface area contributed by atoms with Gasteiger partial charge in [-0.25, -0.2) is 5.23 Å². The maximum absolute atomic E-state index is 10.5. The van der Waals surface area contributed by atoms with E-state index in [4.69, 9.17) is 4.84 Å². The summed E-state index contributed by atoms with van der Waals surface area (Å²) in [6.07, 6.45) is 1.98. The predicted molar refractivity (Wildman–Crippen MR) is 40.0 cm³/mol. The van der Waals surface area contributed by atoms with E-state index in [1.54, 1.807) is 7.05 Å². The van der Waals surface area contributed by atoms with Crippen molar-refractivity contribution in [1.82, 2.24) is 10.5 Å². The molecule has 0 aromatic heterocycles. The van der Waals surface area contributed by atoms with Crippen LogP contribution in [0.2, 0.25) is 0 Å². The third-order valence-electron chi connectivity index (χ3n) is 1.02. The molecule has 0 saturated heterocycles. The van der Waals surface area contributed by atoms with Crippen LogP contribution < -0.4 is 5.32 Å². The first-order valence-electron chi connectivity index (χ1n) is 3.53. The maximum atomic E-state index is 10.5. The van der Waals surface area contributed by atoms with Gasteiger partial charge in [0.05, 0.1) is 13.3 Å². The third-order valence-corrected chi connectivity index (χ3v) is 1.02. The molecule has 0 fully saturated rings. The first-order valence-corrected chi connectivity index (χ1v) is 3.53. The van der Waals surface area contributed by atoms with Gasteiger partial charge in [0.25, 0.3) is 0 Å². The normalized spacial score (nSPS) is 10.8. The van der Waals surface area contributed by atoms with Gasteiger partial charge < -0.3 is 15.4 Å². The van der Waals surface area contributed by atoms with E-state index in [0.29, 0.717) is 11.8 Å². The van der Waals surface area contributed by atoms with E-state index in [-0.39, 0.29) is 6.67 Å². The zero-order valence-corrected chi connectivity index (χ0v) is 6.59. The minimum atomic E-state index is 0.226. The largest absolute Gasteiger partial charge is 0.761 e. The van der Waals surface area contributed by atoms with Crippen LogP contribution in [0.3, 0.4) is 0 Å². The van der Waals surface area contributed by atoms with Gasteiger partial charge in [-0.1, -0.05) is 13.3 Å². The van der Waals surface area contributed by atoms with E-state index in [1.807, 2.05) is 0 Å². The summed E-state index contributed by atoms with van der Waals surface area (Å²) in [5, 5.41) is 13.8. The Balaban J connectivity index is 2.97.